The largest absolute Gasteiger partial charge is 0.492 e. The van der Waals surface area contributed by atoms with E-state index in [1.54, 1.807) is 7.05 Å². The molecule has 0 saturated carbocycles. The molecule has 0 fully saturated rings. The van der Waals surface area contributed by atoms with Crippen LogP contribution in [0, 0.1) is 13.8 Å². The van der Waals surface area contributed by atoms with Gasteiger partial charge in [-0.3, -0.25) is 4.99 Å². The van der Waals surface area contributed by atoms with Gasteiger partial charge in [-0.25, -0.2) is 0 Å². The van der Waals surface area contributed by atoms with Crippen LogP contribution < -0.4 is 15.4 Å². The van der Waals surface area contributed by atoms with Gasteiger partial charge in [0.05, 0.1) is 13.2 Å². The van der Waals surface area contributed by atoms with Crippen molar-refractivity contribution in [2.75, 3.05) is 40.0 Å². The summed E-state index contributed by atoms with van der Waals surface area (Å²) >= 11 is 0. The van der Waals surface area contributed by atoms with E-state index in [0.717, 1.165) is 24.9 Å². The predicted octanol–water partition coefficient (Wildman–Crippen LogP) is 1.88. The number of hydrogen-bond acceptors (Lipinski definition) is 3. The molecule has 1 aromatic rings. The molecule has 118 valence electrons. The van der Waals surface area contributed by atoms with E-state index in [1.807, 2.05) is 19.1 Å². The minimum Gasteiger partial charge on any atom is -0.492 e. The van der Waals surface area contributed by atoms with Crippen LogP contribution in [-0.4, -0.2) is 45.9 Å². The van der Waals surface area contributed by atoms with Crippen molar-refractivity contribution >= 4 is 5.96 Å². The zero-order valence-corrected chi connectivity index (χ0v) is 13.5. The molecule has 2 N–H and O–H groups in total. The van der Waals surface area contributed by atoms with E-state index in [-0.39, 0.29) is 0 Å². The Bertz CT molecular complexity index is 427. The summed E-state index contributed by atoms with van der Waals surface area (Å²) in [6.07, 6.45) is 0. The van der Waals surface area contributed by atoms with Crippen molar-refractivity contribution in [1.82, 2.24) is 10.6 Å². The zero-order chi connectivity index (χ0) is 15.5. The third-order valence-electron chi connectivity index (χ3n) is 2.83. The topological polar surface area (TPSA) is 54.9 Å². The highest BCUT2D eigenvalue weighted by Crippen LogP contribution is 2.15. The average molecular weight is 293 g/mol. The molecule has 0 aliphatic rings. The molecule has 1 aromatic carbocycles. The summed E-state index contributed by atoms with van der Waals surface area (Å²) in [5.41, 5.74) is 2.43. The van der Waals surface area contributed by atoms with Crippen molar-refractivity contribution in [3.63, 3.8) is 0 Å². The first-order chi connectivity index (χ1) is 10.2. The van der Waals surface area contributed by atoms with Crippen molar-refractivity contribution < 1.29 is 9.47 Å². The normalized spacial score (nSPS) is 11.3. The highest BCUT2D eigenvalue weighted by atomic mass is 16.5. The lowest BCUT2D eigenvalue weighted by atomic mass is 10.1. The predicted molar refractivity (Wildman–Crippen MR) is 87.3 cm³/mol. The van der Waals surface area contributed by atoms with Crippen LogP contribution in [0.15, 0.2) is 23.2 Å². The molecule has 0 heterocycles. The maximum absolute atomic E-state index is 5.74. The quantitative estimate of drug-likeness (QED) is 0.436. The summed E-state index contributed by atoms with van der Waals surface area (Å²) in [6, 6.07) is 6.22. The number of aryl methyl sites for hydroxylation is 2. The molecule has 5 heteroatoms. The number of benzene rings is 1. The standard InChI is InChI=1S/C16H27N3O2/c1-5-20-8-6-18-16(17-4)19-7-9-21-15-11-13(2)10-14(3)12-15/h10-12H,5-9H2,1-4H3,(H2,17,18,19). The van der Waals surface area contributed by atoms with Gasteiger partial charge in [0.2, 0.25) is 0 Å². The van der Waals surface area contributed by atoms with Gasteiger partial charge in [0.15, 0.2) is 5.96 Å². The molecular formula is C16H27N3O2. The van der Waals surface area contributed by atoms with Crippen LogP contribution in [0.4, 0.5) is 0 Å². The van der Waals surface area contributed by atoms with Crippen LogP contribution in [0.2, 0.25) is 0 Å². The first-order valence-corrected chi connectivity index (χ1v) is 7.39. The van der Waals surface area contributed by atoms with Crippen molar-refractivity contribution in [1.29, 1.82) is 0 Å². The molecule has 0 radical (unpaired) electrons. The fourth-order valence-electron chi connectivity index (χ4n) is 1.96. The number of ether oxygens (including phenoxy) is 2. The SMILES string of the molecule is CCOCCNC(=NC)NCCOc1cc(C)cc(C)c1. The van der Waals surface area contributed by atoms with Crippen LogP contribution in [0.5, 0.6) is 5.75 Å². The minimum absolute atomic E-state index is 0.592. The Morgan fingerprint density at radius 1 is 1.05 bits per heavy atom. The average Bonchev–Trinajstić information content (AvgIpc) is 2.44. The minimum atomic E-state index is 0.592. The molecule has 0 saturated heterocycles. The van der Waals surface area contributed by atoms with Crippen molar-refractivity contribution in [3.8, 4) is 5.75 Å². The number of hydrogen-bond donors (Lipinski definition) is 2. The fraction of sp³-hybridized carbons (Fsp3) is 0.562. The van der Waals surface area contributed by atoms with Crippen LogP contribution in [0.25, 0.3) is 0 Å². The van der Waals surface area contributed by atoms with Crippen molar-refractivity contribution in [3.05, 3.63) is 29.3 Å². The Balaban J connectivity index is 2.22. The fourth-order valence-corrected chi connectivity index (χ4v) is 1.96. The zero-order valence-electron chi connectivity index (χ0n) is 13.5. The Morgan fingerprint density at radius 3 is 2.24 bits per heavy atom. The number of nitrogens with one attached hydrogen (secondary N) is 2. The third-order valence-corrected chi connectivity index (χ3v) is 2.83. The van der Waals surface area contributed by atoms with E-state index < -0.39 is 0 Å². The van der Waals surface area contributed by atoms with E-state index in [9.17, 15) is 0 Å². The van der Waals surface area contributed by atoms with Crippen molar-refractivity contribution in [2.45, 2.75) is 20.8 Å². The number of rotatable bonds is 8. The molecule has 0 amide bonds. The van der Waals surface area contributed by atoms with E-state index >= 15 is 0 Å². The molecule has 0 aromatic heterocycles. The van der Waals surface area contributed by atoms with E-state index in [1.165, 1.54) is 11.1 Å². The molecular weight excluding hydrogens is 266 g/mol. The smallest absolute Gasteiger partial charge is 0.191 e. The first-order valence-electron chi connectivity index (χ1n) is 7.39. The number of guanidine groups is 1. The molecule has 0 bridgehead atoms. The van der Waals surface area contributed by atoms with Crippen LogP contribution in [0.3, 0.4) is 0 Å². The van der Waals surface area contributed by atoms with Gasteiger partial charge in [-0.2, -0.15) is 0 Å². The Labute approximate surface area is 127 Å². The van der Waals surface area contributed by atoms with Gasteiger partial charge in [-0.05, 0) is 44.0 Å². The van der Waals surface area contributed by atoms with Crippen LogP contribution in [-0.2, 0) is 4.74 Å². The molecule has 0 atom stereocenters. The van der Waals surface area contributed by atoms with Gasteiger partial charge in [-0.15, -0.1) is 0 Å². The Hall–Kier alpha value is -1.75. The molecule has 5 nitrogen and oxygen atoms in total. The second kappa shape index (κ2) is 10.0. The summed E-state index contributed by atoms with van der Waals surface area (Å²) in [5, 5.41) is 6.38. The lowest BCUT2D eigenvalue weighted by Crippen LogP contribution is -2.40. The van der Waals surface area contributed by atoms with E-state index in [0.29, 0.717) is 19.8 Å². The molecule has 0 aliphatic heterocycles. The van der Waals surface area contributed by atoms with Gasteiger partial charge < -0.3 is 20.1 Å². The molecule has 0 aliphatic carbocycles. The first kappa shape index (κ1) is 17.3. The second-order valence-electron chi connectivity index (χ2n) is 4.79. The monoisotopic (exact) mass is 293 g/mol. The molecule has 21 heavy (non-hydrogen) atoms. The van der Waals surface area contributed by atoms with Gasteiger partial charge in [0, 0.05) is 20.2 Å². The summed E-state index contributed by atoms with van der Waals surface area (Å²) < 4.78 is 11.0. The van der Waals surface area contributed by atoms with Gasteiger partial charge >= 0.3 is 0 Å². The van der Waals surface area contributed by atoms with Crippen molar-refractivity contribution in [2.24, 2.45) is 4.99 Å². The van der Waals surface area contributed by atoms with Gasteiger partial charge in [0.1, 0.15) is 12.4 Å². The highest BCUT2D eigenvalue weighted by molar-refractivity contribution is 5.79. The Kier molecular flexibility index (Phi) is 8.28. The third kappa shape index (κ3) is 7.56. The van der Waals surface area contributed by atoms with Gasteiger partial charge in [0.25, 0.3) is 0 Å². The lowest BCUT2D eigenvalue weighted by molar-refractivity contribution is 0.152. The van der Waals surface area contributed by atoms with E-state index in [2.05, 4.69) is 35.5 Å². The summed E-state index contributed by atoms with van der Waals surface area (Å²) in [5.74, 6) is 1.67. The highest BCUT2D eigenvalue weighted by Gasteiger charge is 1.99. The number of nitrogens with zero attached hydrogens (tertiary/aromatic N) is 1. The van der Waals surface area contributed by atoms with Gasteiger partial charge in [-0.1, -0.05) is 6.07 Å². The van der Waals surface area contributed by atoms with Crippen LogP contribution >= 0.6 is 0 Å². The maximum Gasteiger partial charge on any atom is 0.191 e. The van der Waals surface area contributed by atoms with E-state index in [4.69, 9.17) is 9.47 Å². The summed E-state index contributed by atoms with van der Waals surface area (Å²) in [6.45, 7) is 9.57. The molecule has 0 spiro atoms. The summed E-state index contributed by atoms with van der Waals surface area (Å²) in [4.78, 5) is 4.14. The lowest BCUT2D eigenvalue weighted by Gasteiger charge is -2.13. The molecule has 0 unspecified atom stereocenters. The summed E-state index contributed by atoms with van der Waals surface area (Å²) in [7, 11) is 1.75. The second-order valence-corrected chi connectivity index (χ2v) is 4.79. The Morgan fingerprint density at radius 2 is 1.67 bits per heavy atom. The number of aliphatic imine (C=N–C) groups is 1. The maximum atomic E-state index is 5.74. The molecule has 1 rings (SSSR count). The van der Waals surface area contributed by atoms with Crippen LogP contribution in [0.1, 0.15) is 18.1 Å².